The van der Waals surface area contributed by atoms with Crippen molar-refractivity contribution in [1.82, 2.24) is 9.88 Å². The molecule has 0 spiro atoms. The number of aromatic nitrogens is 1. The predicted octanol–water partition coefficient (Wildman–Crippen LogP) is 2.32. The van der Waals surface area contributed by atoms with Gasteiger partial charge in [0.2, 0.25) is 0 Å². The van der Waals surface area contributed by atoms with Crippen molar-refractivity contribution in [3.8, 4) is 0 Å². The topological polar surface area (TPSA) is 42.1 Å². The zero-order chi connectivity index (χ0) is 14.9. The van der Waals surface area contributed by atoms with Crippen molar-refractivity contribution in [2.45, 2.75) is 31.8 Å². The van der Waals surface area contributed by atoms with Gasteiger partial charge < -0.3 is 5.73 Å². The van der Waals surface area contributed by atoms with Crippen molar-refractivity contribution in [3.05, 3.63) is 65.0 Å². The van der Waals surface area contributed by atoms with E-state index in [9.17, 15) is 0 Å². The van der Waals surface area contributed by atoms with Gasteiger partial charge in [-0.3, -0.25) is 9.88 Å². The molecule has 0 bridgehead atoms. The lowest BCUT2D eigenvalue weighted by Crippen LogP contribution is -2.52. The van der Waals surface area contributed by atoms with E-state index in [1.807, 2.05) is 13.0 Å². The first-order valence-electron chi connectivity index (χ1n) is 7.54. The van der Waals surface area contributed by atoms with E-state index >= 15 is 0 Å². The number of rotatable bonds is 4. The first-order chi connectivity index (χ1) is 10.1. The van der Waals surface area contributed by atoms with E-state index in [0.29, 0.717) is 6.54 Å². The van der Waals surface area contributed by atoms with Crippen molar-refractivity contribution in [3.63, 3.8) is 0 Å². The Kier molecular flexibility index (Phi) is 3.79. The Bertz CT molecular complexity index is 611. The number of hydrogen-bond donors (Lipinski definition) is 1. The zero-order valence-corrected chi connectivity index (χ0v) is 12.8. The van der Waals surface area contributed by atoms with Crippen LogP contribution in [0.5, 0.6) is 0 Å². The normalized spacial score (nSPS) is 16.2. The number of likely N-dealkylation sites (N-methyl/N-ethyl adjacent to an activating group) is 1. The van der Waals surface area contributed by atoms with Gasteiger partial charge in [-0.1, -0.05) is 30.3 Å². The van der Waals surface area contributed by atoms with Crippen LogP contribution in [0.3, 0.4) is 0 Å². The summed E-state index contributed by atoms with van der Waals surface area (Å²) in [6.07, 6.45) is 2.06. The monoisotopic (exact) mass is 281 g/mol. The van der Waals surface area contributed by atoms with E-state index in [1.165, 1.54) is 11.1 Å². The van der Waals surface area contributed by atoms with E-state index in [2.05, 4.69) is 53.3 Å². The fourth-order valence-corrected chi connectivity index (χ4v) is 3.34. The largest absolute Gasteiger partial charge is 0.329 e. The lowest BCUT2D eigenvalue weighted by atomic mass is 9.93. The van der Waals surface area contributed by atoms with Gasteiger partial charge >= 0.3 is 0 Å². The summed E-state index contributed by atoms with van der Waals surface area (Å²) in [6, 6.07) is 14.9. The number of aryl methyl sites for hydroxylation is 1. The third kappa shape index (κ3) is 2.71. The second kappa shape index (κ2) is 5.58. The lowest BCUT2D eigenvalue weighted by Gasteiger charge is -2.37. The molecule has 2 aromatic rings. The van der Waals surface area contributed by atoms with Crippen LogP contribution in [0.15, 0.2) is 42.5 Å². The van der Waals surface area contributed by atoms with Crippen molar-refractivity contribution in [1.29, 1.82) is 0 Å². The Hall–Kier alpha value is -1.71. The molecule has 1 aromatic heterocycles. The average molecular weight is 281 g/mol. The highest BCUT2D eigenvalue weighted by Gasteiger charge is 2.39. The third-order valence-corrected chi connectivity index (χ3v) is 4.69. The van der Waals surface area contributed by atoms with E-state index in [4.69, 9.17) is 5.73 Å². The number of benzene rings is 1. The first-order valence-corrected chi connectivity index (χ1v) is 7.54. The fourth-order valence-electron chi connectivity index (χ4n) is 3.34. The maximum absolute atomic E-state index is 6.17. The molecule has 0 saturated heterocycles. The summed E-state index contributed by atoms with van der Waals surface area (Å²) in [5, 5.41) is 0. The highest BCUT2D eigenvalue weighted by Crippen LogP contribution is 2.34. The highest BCUT2D eigenvalue weighted by atomic mass is 15.2. The van der Waals surface area contributed by atoms with E-state index in [1.54, 1.807) is 0 Å². The van der Waals surface area contributed by atoms with E-state index in [0.717, 1.165) is 30.8 Å². The molecular weight excluding hydrogens is 258 g/mol. The molecule has 3 rings (SSSR count). The van der Waals surface area contributed by atoms with Crippen LogP contribution in [0.2, 0.25) is 0 Å². The minimum Gasteiger partial charge on any atom is -0.329 e. The summed E-state index contributed by atoms with van der Waals surface area (Å²) in [5.41, 5.74) is 11.2. The van der Waals surface area contributed by atoms with Crippen LogP contribution in [-0.2, 0) is 19.4 Å². The molecule has 0 saturated carbocycles. The maximum atomic E-state index is 6.17. The Morgan fingerprint density at radius 1 is 1.10 bits per heavy atom. The smallest absolute Gasteiger partial charge is 0.0547 e. The fraction of sp³-hybridized carbons (Fsp3) is 0.389. The molecular formula is C18H23N3. The number of hydrogen-bond acceptors (Lipinski definition) is 3. The second-order valence-corrected chi connectivity index (χ2v) is 6.18. The number of fused-ring (bicyclic) bond motifs is 1. The average Bonchev–Trinajstić information content (AvgIpc) is 2.87. The molecule has 0 amide bonds. The number of nitrogens with two attached hydrogens (primary N) is 1. The molecule has 3 nitrogen and oxygen atoms in total. The van der Waals surface area contributed by atoms with Crippen LogP contribution in [0.4, 0.5) is 0 Å². The molecule has 1 aromatic carbocycles. The van der Waals surface area contributed by atoms with Crippen LogP contribution in [0.1, 0.15) is 22.5 Å². The summed E-state index contributed by atoms with van der Waals surface area (Å²) in [7, 11) is 2.17. The van der Waals surface area contributed by atoms with Crippen LogP contribution < -0.4 is 5.73 Å². The maximum Gasteiger partial charge on any atom is 0.0547 e. The summed E-state index contributed by atoms with van der Waals surface area (Å²) in [6.45, 7) is 3.55. The van der Waals surface area contributed by atoms with Gasteiger partial charge in [0.1, 0.15) is 0 Å². The van der Waals surface area contributed by atoms with Gasteiger partial charge in [-0.2, -0.15) is 0 Å². The Morgan fingerprint density at radius 3 is 2.33 bits per heavy atom. The Morgan fingerprint density at radius 2 is 1.76 bits per heavy atom. The van der Waals surface area contributed by atoms with Crippen molar-refractivity contribution in [2.24, 2.45) is 5.73 Å². The van der Waals surface area contributed by atoms with Gasteiger partial charge in [0, 0.05) is 24.3 Å². The summed E-state index contributed by atoms with van der Waals surface area (Å²) < 4.78 is 0. The minimum absolute atomic E-state index is 0.0229. The molecule has 3 heteroatoms. The molecule has 21 heavy (non-hydrogen) atoms. The van der Waals surface area contributed by atoms with Crippen LogP contribution in [0, 0.1) is 6.92 Å². The lowest BCUT2D eigenvalue weighted by molar-refractivity contribution is 0.126. The van der Waals surface area contributed by atoms with Crippen molar-refractivity contribution in [2.75, 3.05) is 13.6 Å². The molecule has 0 unspecified atom stereocenters. The molecule has 0 fully saturated rings. The van der Waals surface area contributed by atoms with E-state index < -0.39 is 0 Å². The van der Waals surface area contributed by atoms with Gasteiger partial charge in [0.15, 0.2) is 0 Å². The Labute approximate surface area is 126 Å². The van der Waals surface area contributed by atoms with Gasteiger partial charge in [-0.25, -0.2) is 0 Å². The van der Waals surface area contributed by atoms with Gasteiger partial charge in [-0.15, -0.1) is 0 Å². The quantitative estimate of drug-likeness (QED) is 0.935. The summed E-state index contributed by atoms with van der Waals surface area (Å²) >= 11 is 0. The van der Waals surface area contributed by atoms with Gasteiger partial charge in [-0.05, 0) is 50.1 Å². The molecule has 1 aliphatic rings. The van der Waals surface area contributed by atoms with Crippen LogP contribution in [-0.4, -0.2) is 29.0 Å². The molecule has 0 atom stereocenters. The SMILES string of the molecule is Cc1cccc(CN(C)C2(CN)Cc3ccccc3C2)n1. The third-order valence-electron chi connectivity index (χ3n) is 4.69. The molecule has 0 radical (unpaired) electrons. The number of nitrogens with zero attached hydrogens (tertiary/aromatic N) is 2. The molecule has 1 heterocycles. The predicted molar refractivity (Wildman–Crippen MR) is 86.1 cm³/mol. The standard InChI is InChI=1S/C18H23N3/c1-14-6-5-9-17(20-14)12-21(2)18(13-19)10-15-7-3-4-8-16(15)11-18/h3-9H,10-13,19H2,1-2H3. The molecule has 1 aliphatic carbocycles. The van der Waals surface area contributed by atoms with Crippen molar-refractivity contribution < 1.29 is 0 Å². The molecule has 2 N–H and O–H groups in total. The highest BCUT2D eigenvalue weighted by molar-refractivity contribution is 5.36. The first kappa shape index (κ1) is 14.2. The number of pyridine rings is 1. The van der Waals surface area contributed by atoms with Gasteiger partial charge in [0.05, 0.1) is 5.69 Å². The molecule has 110 valence electrons. The summed E-state index contributed by atoms with van der Waals surface area (Å²) in [5.74, 6) is 0. The van der Waals surface area contributed by atoms with Crippen molar-refractivity contribution >= 4 is 0 Å². The summed E-state index contributed by atoms with van der Waals surface area (Å²) in [4.78, 5) is 7.00. The van der Waals surface area contributed by atoms with Crippen LogP contribution in [0.25, 0.3) is 0 Å². The van der Waals surface area contributed by atoms with Gasteiger partial charge in [0.25, 0.3) is 0 Å². The molecule has 0 aliphatic heterocycles. The zero-order valence-electron chi connectivity index (χ0n) is 12.8. The van der Waals surface area contributed by atoms with E-state index in [-0.39, 0.29) is 5.54 Å². The second-order valence-electron chi connectivity index (χ2n) is 6.18. The minimum atomic E-state index is 0.0229. The van der Waals surface area contributed by atoms with Crippen LogP contribution >= 0.6 is 0 Å². The Balaban J connectivity index is 1.81.